The molecule has 0 saturated carbocycles. The molecule has 2 heterocycles. The zero-order valence-corrected chi connectivity index (χ0v) is 37.9. The van der Waals surface area contributed by atoms with Crippen molar-refractivity contribution >= 4 is 97.7 Å². The van der Waals surface area contributed by atoms with Crippen molar-refractivity contribution in [2.45, 2.75) is 0 Å². The molecule has 0 fully saturated rings. The lowest BCUT2D eigenvalue weighted by Gasteiger charge is -2.20. The van der Waals surface area contributed by atoms with Crippen LogP contribution in [0.4, 0.5) is 0 Å². The second kappa shape index (κ2) is 15.1. The van der Waals surface area contributed by atoms with Gasteiger partial charge in [-0.2, -0.15) is 0 Å². The number of para-hydroxylation sites is 2. The first-order valence-electron chi connectivity index (χ1n) is 24.1. The molecule has 0 aliphatic carbocycles. The molecule has 2 aromatic heterocycles. The van der Waals surface area contributed by atoms with Gasteiger partial charge in [-0.05, 0) is 112 Å². The molecule has 0 bridgehead atoms. The Hall–Kier alpha value is -9.24. The Kier molecular flexibility index (Phi) is 8.39. The molecule has 0 saturated heterocycles. The third kappa shape index (κ3) is 5.56. The lowest BCUT2D eigenvalue weighted by Crippen LogP contribution is -1.93. The molecule has 0 aliphatic heterocycles. The molecular formula is C68H40O2. The maximum Gasteiger partial charge on any atom is 0.143 e. The maximum absolute atomic E-state index is 7.18. The van der Waals surface area contributed by atoms with Crippen LogP contribution in [0.25, 0.3) is 153 Å². The minimum Gasteiger partial charge on any atom is -0.455 e. The van der Waals surface area contributed by atoms with Crippen molar-refractivity contribution in [3.05, 3.63) is 243 Å². The van der Waals surface area contributed by atoms with Crippen molar-refractivity contribution < 1.29 is 8.83 Å². The number of rotatable bonds is 5. The van der Waals surface area contributed by atoms with Crippen LogP contribution in [-0.4, -0.2) is 0 Å². The van der Waals surface area contributed by atoms with Gasteiger partial charge in [-0.25, -0.2) is 0 Å². The Morgan fingerprint density at radius 3 is 0.971 bits per heavy atom. The fourth-order valence-electron chi connectivity index (χ4n) is 12.0. The highest BCUT2D eigenvalue weighted by molar-refractivity contribution is 6.36. The van der Waals surface area contributed by atoms with Crippen LogP contribution in [0.1, 0.15) is 0 Å². The lowest BCUT2D eigenvalue weighted by atomic mass is 9.82. The molecule has 0 aliphatic rings. The van der Waals surface area contributed by atoms with Crippen LogP contribution in [-0.2, 0) is 0 Å². The van der Waals surface area contributed by atoms with Crippen molar-refractivity contribution in [3.8, 4) is 55.6 Å². The minimum atomic E-state index is 0.852. The van der Waals surface area contributed by atoms with E-state index in [-0.39, 0.29) is 0 Å². The van der Waals surface area contributed by atoms with Crippen LogP contribution < -0.4 is 0 Å². The summed E-state index contributed by atoms with van der Waals surface area (Å²) in [6, 6.07) is 88.0. The standard InChI is InChI=1S/C68H40O2/c1-3-21-41(22-4-1)60-46-27-9-13-31-50(46)63(51-32-14-10-28-47(51)60)45-26-8-7-25-44(45)56-39-43-40-57(64-52-33-15-11-29-48(52)61(42-23-5-2-6-24-42)49-30-12-16-34-53(49)64)68-66(55-36-18-20-38-59(55)70-68)62(43)65-54-35-17-19-37-58(54)69-67(56)65/h1-40H. The largest absolute Gasteiger partial charge is 0.455 e. The zero-order valence-electron chi connectivity index (χ0n) is 37.9. The fraction of sp³-hybridized carbons (Fsp3) is 0. The van der Waals surface area contributed by atoms with E-state index in [0.29, 0.717) is 0 Å². The van der Waals surface area contributed by atoms with Gasteiger partial charge in [-0.3, -0.25) is 0 Å². The second-order valence-electron chi connectivity index (χ2n) is 18.5. The van der Waals surface area contributed by atoms with Gasteiger partial charge in [0.2, 0.25) is 0 Å². The van der Waals surface area contributed by atoms with Crippen LogP contribution >= 0.6 is 0 Å². The van der Waals surface area contributed by atoms with Gasteiger partial charge in [0, 0.05) is 43.6 Å². The molecule has 2 nitrogen and oxygen atoms in total. The Bertz CT molecular complexity index is 4520. The Morgan fingerprint density at radius 1 is 0.214 bits per heavy atom. The summed E-state index contributed by atoms with van der Waals surface area (Å²) in [6.45, 7) is 0. The molecule has 0 unspecified atom stereocenters. The van der Waals surface area contributed by atoms with Gasteiger partial charge in [0.1, 0.15) is 22.3 Å². The monoisotopic (exact) mass is 888 g/mol. The Labute approximate surface area is 402 Å². The number of hydrogen-bond donors (Lipinski definition) is 0. The van der Waals surface area contributed by atoms with E-state index in [1.165, 1.54) is 70.9 Å². The third-order valence-corrected chi connectivity index (χ3v) is 14.8. The quantitative estimate of drug-likeness (QED) is 0.161. The third-order valence-electron chi connectivity index (χ3n) is 14.8. The summed E-state index contributed by atoms with van der Waals surface area (Å²) in [5, 5.41) is 16.2. The van der Waals surface area contributed by atoms with Crippen LogP contribution in [0, 0.1) is 0 Å². The van der Waals surface area contributed by atoms with Gasteiger partial charge in [0.25, 0.3) is 0 Å². The average molecular weight is 889 g/mol. The molecule has 15 aromatic rings. The lowest BCUT2D eigenvalue weighted by molar-refractivity contribution is 0.670. The van der Waals surface area contributed by atoms with Gasteiger partial charge < -0.3 is 8.83 Å². The van der Waals surface area contributed by atoms with Crippen molar-refractivity contribution in [2.75, 3.05) is 0 Å². The van der Waals surface area contributed by atoms with E-state index >= 15 is 0 Å². The highest BCUT2D eigenvalue weighted by Gasteiger charge is 2.27. The number of fused-ring (bicyclic) bond motifs is 13. The van der Waals surface area contributed by atoms with E-state index < -0.39 is 0 Å². The highest BCUT2D eigenvalue weighted by atomic mass is 16.3. The highest BCUT2D eigenvalue weighted by Crippen LogP contribution is 2.53. The molecule has 0 N–H and O–H groups in total. The molecule has 13 aromatic carbocycles. The number of benzene rings is 13. The molecule has 0 atom stereocenters. The van der Waals surface area contributed by atoms with Crippen LogP contribution in [0.5, 0.6) is 0 Å². The normalized spacial score (nSPS) is 12.0. The SMILES string of the molecule is c1ccc(-c2c3ccccc3c(-c3ccccc3-c3cc4cc(-c5c6ccccc6c(-c6ccccc6)c6ccccc56)c5oc6ccccc6c5c4c4c3oc3ccccc34)c3ccccc23)cc1. The molecule has 70 heavy (non-hydrogen) atoms. The summed E-state index contributed by atoms with van der Waals surface area (Å²) in [6.07, 6.45) is 0. The second-order valence-corrected chi connectivity index (χ2v) is 18.5. The fourth-order valence-corrected chi connectivity index (χ4v) is 12.0. The van der Waals surface area contributed by atoms with Gasteiger partial charge in [-0.1, -0.05) is 218 Å². The Morgan fingerprint density at radius 2 is 0.529 bits per heavy atom. The predicted molar refractivity (Wildman–Crippen MR) is 296 cm³/mol. The number of hydrogen-bond acceptors (Lipinski definition) is 2. The first-order valence-corrected chi connectivity index (χ1v) is 24.1. The summed E-state index contributed by atoms with van der Waals surface area (Å²) in [4.78, 5) is 0. The molecule has 0 amide bonds. The van der Waals surface area contributed by atoms with E-state index in [9.17, 15) is 0 Å². The Balaban J connectivity index is 1.10. The smallest absolute Gasteiger partial charge is 0.143 e. The molecule has 0 spiro atoms. The first-order chi connectivity index (χ1) is 34.8. The average Bonchev–Trinajstić information content (AvgIpc) is 4.02. The van der Waals surface area contributed by atoms with Crippen molar-refractivity contribution in [1.82, 2.24) is 0 Å². The van der Waals surface area contributed by atoms with Gasteiger partial charge in [-0.15, -0.1) is 0 Å². The molecular weight excluding hydrogens is 849 g/mol. The topological polar surface area (TPSA) is 26.3 Å². The van der Waals surface area contributed by atoms with E-state index in [0.717, 1.165) is 82.5 Å². The van der Waals surface area contributed by atoms with E-state index in [4.69, 9.17) is 8.83 Å². The van der Waals surface area contributed by atoms with E-state index in [2.05, 4.69) is 243 Å². The predicted octanol–water partition coefficient (Wildman–Crippen LogP) is 19.6. The molecule has 15 rings (SSSR count). The van der Waals surface area contributed by atoms with E-state index in [1.807, 2.05) is 0 Å². The summed E-state index contributed by atoms with van der Waals surface area (Å²) in [7, 11) is 0. The van der Waals surface area contributed by atoms with Crippen molar-refractivity contribution in [3.63, 3.8) is 0 Å². The van der Waals surface area contributed by atoms with Crippen molar-refractivity contribution in [2.24, 2.45) is 0 Å². The summed E-state index contributed by atoms with van der Waals surface area (Å²) < 4.78 is 14.4. The van der Waals surface area contributed by atoms with E-state index in [1.54, 1.807) is 0 Å². The minimum absolute atomic E-state index is 0.852. The van der Waals surface area contributed by atoms with Crippen molar-refractivity contribution in [1.29, 1.82) is 0 Å². The summed E-state index contributed by atoms with van der Waals surface area (Å²) >= 11 is 0. The molecule has 0 radical (unpaired) electrons. The molecule has 324 valence electrons. The van der Waals surface area contributed by atoms with Gasteiger partial charge >= 0.3 is 0 Å². The zero-order chi connectivity index (χ0) is 45.9. The summed E-state index contributed by atoms with van der Waals surface area (Å²) in [5.41, 5.74) is 15.1. The summed E-state index contributed by atoms with van der Waals surface area (Å²) in [5.74, 6) is 0. The van der Waals surface area contributed by atoms with Crippen LogP contribution in [0.15, 0.2) is 251 Å². The maximum atomic E-state index is 7.18. The number of furan rings is 2. The van der Waals surface area contributed by atoms with Crippen LogP contribution in [0.2, 0.25) is 0 Å². The van der Waals surface area contributed by atoms with Gasteiger partial charge in [0.15, 0.2) is 0 Å². The van der Waals surface area contributed by atoms with Crippen LogP contribution in [0.3, 0.4) is 0 Å². The van der Waals surface area contributed by atoms with Gasteiger partial charge in [0.05, 0.1) is 0 Å². The molecule has 2 heteroatoms. The first kappa shape index (κ1) is 38.8.